The Hall–Kier alpha value is -2.87. The van der Waals surface area contributed by atoms with E-state index in [4.69, 9.17) is 14.5 Å². The van der Waals surface area contributed by atoms with Gasteiger partial charge in [0.05, 0.1) is 24.6 Å². The molecular weight excluding hydrogens is 414 g/mol. The molecule has 0 saturated carbocycles. The molecule has 4 heterocycles. The number of likely N-dealkylation sites (N-methyl/N-ethyl adjacent to an activating group) is 1. The van der Waals surface area contributed by atoms with E-state index in [1.54, 1.807) is 0 Å². The summed E-state index contributed by atoms with van der Waals surface area (Å²) in [6.45, 7) is 9.26. The first-order valence-electron chi connectivity index (χ1n) is 11.9. The standard InChI is InChI=1S/C26H31N5O2/c1-28-7-9-30(10-8-28)23-4-2-3-20(15-23)21-5-6-24-25(16-21)33-19-26-27-22(18-31(24)26)17-29-11-13-32-14-12-29/h2-6,15-16,18H,7-14,17,19H2,1H3. The molecule has 2 saturated heterocycles. The largest absolute Gasteiger partial charge is 0.483 e. The molecule has 33 heavy (non-hydrogen) atoms. The lowest BCUT2D eigenvalue weighted by Gasteiger charge is -2.34. The number of ether oxygens (including phenoxy) is 2. The minimum Gasteiger partial charge on any atom is -0.483 e. The minimum absolute atomic E-state index is 0.501. The Bertz CT molecular complexity index is 1130. The van der Waals surface area contributed by atoms with Crippen molar-refractivity contribution in [1.29, 1.82) is 0 Å². The van der Waals surface area contributed by atoms with Gasteiger partial charge in [-0.25, -0.2) is 4.98 Å². The van der Waals surface area contributed by atoms with E-state index >= 15 is 0 Å². The van der Waals surface area contributed by atoms with Gasteiger partial charge in [-0.3, -0.25) is 9.47 Å². The molecule has 0 radical (unpaired) electrons. The molecular formula is C26H31N5O2. The summed E-state index contributed by atoms with van der Waals surface area (Å²) in [4.78, 5) is 12.1. The topological polar surface area (TPSA) is 46.0 Å². The van der Waals surface area contributed by atoms with E-state index in [1.165, 1.54) is 16.8 Å². The molecule has 172 valence electrons. The highest BCUT2D eigenvalue weighted by molar-refractivity contribution is 5.72. The summed E-state index contributed by atoms with van der Waals surface area (Å²) >= 11 is 0. The molecule has 0 N–H and O–H groups in total. The Morgan fingerprint density at radius 1 is 0.909 bits per heavy atom. The summed E-state index contributed by atoms with van der Waals surface area (Å²) in [5.41, 5.74) is 5.86. The van der Waals surface area contributed by atoms with Crippen LogP contribution in [0.2, 0.25) is 0 Å². The molecule has 0 spiro atoms. The fraction of sp³-hybridized carbons (Fsp3) is 0.423. The second-order valence-electron chi connectivity index (χ2n) is 9.22. The van der Waals surface area contributed by atoms with Gasteiger partial charge in [0.15, 0.2) is 5.82 Å². The fourth-order valence-corrected chi connectivity index (χ4v) is 4.94. The Morgan fingerprint density at radius 3 is 2.58 bits per heavy atom. The molecule has 7 nitrogen and oxygen atoms in total. The highest BCUT2D eigenvalue weighted by Gasteiger charge is 2.22. The lowest BCUT2D eigenvalue weighted by molar-refractivity contribution is 0.0337. The zero-order valence-electron chi connectivity index (χ0n) is 19.2. The van der Waals surface area contributed by atoms with E-state index in [0.717, 1.165) is 82.0 Å². The first-order chi connectivity index (χ1) is 16.2. The van der Waals surface area contributed by atoms with Gasteiger partial charge in [0.25, 0.3) is 0 Å². The third-order valence-electron chi connectivity index (χ3n) is 6.94. The number of anilines is 1. The van der Waals surface area contributed by atoms with Crippen molar-refractivity contribution in [3.8, 4) is 22.6 Å². The van der Waals surface area contributed by atoms with Crippen LogP contribution in [0, 0.1) is 0 Å². The van der Waals surface area contributed by atoms with E-state index in [1.807, 2.05) is 0 Å². The molecule has 2 fully saturated rings. The van der Waals surface area contributed by atoms with Gasteiger partial charge in [0, 0.05) is 57.7 Å². The van der Waals surface area contributed by atoms with Gasteiger partial charge in [0.1, 0.15) is 12.4 Å². The Labute approximate surface area is 195 Å². The first kappa shape index (κ1) is 20.7. The van der Waals surface area contributed by atoms with Gasteiger partial charge >= 0.3 is 0 Å². The third-order valence-corrected chi connectivity index (χ3v) is 6.94. The summed E-state index contributed by atoms with van der Waals surface area (Å²) in [5.74, 6) is 1.89. The van der Waals surface area contributed by atoms with Gasteiger partial charge in [-0.2, -0.15) is 0 Å². The van der Waals surface area contributed by atoms with Gasteiger partial charge < -0.3 is 19.3 Å². The minimum atomic E-state index is 0.501. The smallest absolute Gasteiger partial charge is 0.151 e. The zero-order chi connectivity index (χ0) is 22.2. The van der Waals surface area contributed by atoms with Crippen LogP contribution in [-0.4, -0.2) is 78.9 Å². The highest BCUT2D eigenvalue weighted by Crippen LogP contribution is 2.35. The molecule has 2 aromatic carbocycles. The van der Waals surface area contributed by atoms with E-state index in [-0.39, 0.29) is 0 Å². The number of rotatable bonds is 4. The number of piperazine rings is 1. The van der Waals surface area contributed by atoms with Gasteiger partial charge in [0.2, 0.25) is 0 Å². The zero-order valence-corrected chi connectivity index (χ0v) is 19.2. The maximum atomic E-state index is 6.14. The van der Waals surface area contributed by atoms with Crippen LogP contribution >= 0.6 is 0 Å². The van der Waals surface area contributed by atoms with Crippen LogP contribution in [-0.2, 0) is 17.9 Å². The molecule has 0 amide bonds. The number of morpholine rings is 1. The van der Waals surface area contributed by atoms with Gasteiger partial charge in [-0.15, -0.1) is 0 Å². The van der Waals surface area contributed by atoms with E-state index in [0.29, 0.717) is 6.61 Å². The molecule has 0 atom stereocenters. The Morgan fingerprint density at radius 2 is 1.73 bits per heavy atom. The average Bonchev–Trinajstić information content (AvgIpc) is 3.28. The third kappa shape index (κ3) is 4.24. The number of aromatic nitrogens is 2. The molecule has 0 aliphatic carbocycles. The van der Waals surface area contributed by atoms with Crippen LogP contribution < -0.4 is 9.64 Å². The lowest BCUT2D eigenvalue weighted by Crippen LogP contribution is -2.44. The van der Waals surface area contributed by atoms with Crippen LogP contribution in [0.4, 0.5) is 5.69 Å². The van der Waals surface area contributed by atoms with Crippen molar-refractivity contribution < 1.29 is 9.47 Å². The monoisotopic (exact) mass is 445 g/mol. The van der Waals surface area contributed by atoms with Crippen molar-refractivity contribution in [2.75, 3.05) is 64.4 Å². The number of imidazole rings is 1. The summed E-state index contributed by atoms with van der Waals surface area (Å²) in [6, 6.07) is 15.4. The number of hydrogen-bond donors (Lipinski definition) is 0. The number of hydrogen-bond acceptors (Lipinski definition) is 6. The average molecular weight is 446 g/mol. The summed E-state index contributed by atoms with van der Waals surface area (Å²) in [7, 11) is 2.19. The van der Waals surface area contributed by atoms with Crippen molar-refractivity contribution in [2.45, 2.75) is 13.2 Å². The maximum absolute atomic E-state index is 6.14. The second kappa shape index (κ2) is 8.82. The number of benzene rings is 2. The molecule has 7 heteroatoms. The predicted octanol–water partition coefficient (Wildman–Crippen LogP) is 3.02. The molecule has 1 aromatic heterocycles. The summed E-state index contributed by atoms with van der Waals surface area (Å²) in [6.07, 6.45) is 2.17. The van der Waals surface area contributed by atoms with Crippen molar-refractivity contribution in [3.05, 3.63) is 60.2 Å². The van der Waals surface area contributed by atoms with Crippen molar-refractivity contribution in [1.82, 2.24) is 19.4 Å². The van der Waals surface area contributed by atoms with Crippen molar-refractivity contribution in [2.24, 2.45) is 0 Å². The maximum Gasteiger partial charge on any atom is 0.151 e. The Kier molecular flexibility index (Phi) is 5.54. The van der Waals surface area contributed by atoms with E-state index in [9.17, 15) is 0 Å². The van der Waals surface area contributed by atoms with E-state index < -0.39 is 0 Å². The highest BCUT2D eigenvalue weighted by atomic mass is 16.5. The fourth-order valence-electron chi connectivity index (χ4n) is 4.94. The summed E-state index contributed by atoms with van der Waals surface area (Å²) < 4.78 is 13.8. The molecule has 0 unspecified atom stereocenters. The number of nitrogens with zero attached hydrogens (tertiary/aromatic N) is 5. The van der Waals surface area contributed by atoms with Crippen LogP contribution in [0.15, 0.2) is 48.7 Å². The van der Waals surface area contributed by atoms with Crippen LogP contribution in [0.25, 0.3) is 16.8 Å². The molecule has 3 aliphatic heterocycles. The number of fused-ring (bicyclic) bond motifs is 3. The molecule has 3 aliphatic rings. The molecule has 0 bridgehead atoms. The van der Waals surface area contributed by atoms with Gasteiger partial charge in [-0.05, 0) is 42.4 Å². The van der Waals surface area contributed by atoms with Gasteiger partial charge in [-0.1, -0.05) is 18.2 Å². The van der Waals surface area contributed by atoms with Crippen LogP contribution in [0.1, 0.15) is 11.5 Å². The SMILES string of the molecule is CN1CCN(c2cccc(-c3ccc4c(c3)OCc3nc(CN5CCOCC5)cn3-4)c2)CC1. The van der Waals surface area contributed by atoms with Crippen LogP contribution in [0.3, 0.4) is 0 Å². The molecule has 3 aromatic rings. The van der Waals surface area contributed by atoms with Crippen LogP contribution in [0.5, 0.6) is 5.75 Å². The normalized spacial score (nSPS) is 19.1. The first-order valence-corrected chi connectivity index (χ1v) is 11.9. The van der Waals surface area contributed by atoms with E-state index in [2.05, 4.69) is 75.0 Å². The Balaban J connectivity index is 1.24. The lowest BCUT2D eigenvalue weighted by atomic mass is 10.0. The second-order valence-corrected chi connectivity index (χ2v) is 9.22. The quantitative estimate of drug-likeness (QED) is 0.615. The van der Waals surface area contributed by atoms with Crippen molar-refractivity contribution in [3.63, 3.8) is 0 Å². The molecule has 6 rings (SSSR count). The summed E-state index contributed by atoms with van der Waals surface area (Å²) in [5, 5.41) is 0. The predicted molar refractivity (Wildman–Crippen MR) is 129 cm³/mol. The van der Waals surface area contributed by atoms with Crippen molar-refractivity contribution >= 4 is 5.69 Å².